The number of rotatable bonds is 6. The molecule has 2 aromatic rings. The molecule has 156 valence electrons. The van der Waals surface area contributed by atoms with Gasteiger partial charge in [0.1, 0.15) is 11.6 Å². The van der Waals surface area contributed by atoms with Gasteiger partial charge in [-0.25, -0.2) is 8.78 Å². The standard InChI is InChI=1S/C22H28F2N4O/c1-4-14(2)10-27-21(29)19-12-26-11-18(15-7-16(23)9-17(24)8-15)20(19)28-6-5-22(3,25)13-28/h7-9,11-12,14H,4-6,10,13,25H2,1-3H3,(H,27,29)/t14?,22-/m0/s1. The van der Waals surface area contributed by atoms with Crippen molar-refractivity contribution in [1.29, 1.82) is 0 Å². The number of hydrogen-bond acceptors (Lipinski definition) is 4. The van der Waals surface area contributed by atoms with Gasteiger partial charge in [0.05, 0.1) is 11.3 Å². The molecule has 1 saturated heterocycles. The van der Waals surface area contributed by atoms with Gasteiger partial charge in [0.2, 0.25) is 0 Å². The van der Waals surface area contributed by atoms with Crippen LogP contribution in [0.15, 0.2) is 30.6 Å². The number of hydrogen-bond donors (Lipinski definition) is 2. The van der Waals surface area contributed by atoms with E-state index in [1.54, 1.807) is 6.20 Å². The summed E-state index contributed by atoms with van der Waals surface area (Å²) in [5.74, 6) is -1.27. The first-order chi connectivity index (χ1) is 13.7. The third-order valence-electron chi connectivity index (χ3n) is 5.46. The van der Waals surface area contributed by atoms with Crippen molar-refractivity contribution in [1.82, 2.24) is 10.3 Å². The van der Waals surface area contributed by atoms with Crippen LogP contribution in [-0.2, 0) is 0 Å². The fraction of sp³-hybridized carbons (Fsp3) is 0.455. The predicted molar refractivity (Wildman–Crippen MR) is 111 cm³/mol. The van der Waals surface area contributed by atoms with Crippen molar-refractivity contribution in [2.24, 2.45) is 11.7 Å². The highest BCUT2D eigenvalue weighted by Gasteiger charge is 2.33. The van der Waals surface area contributed by atoms with Crippen LogP contribution < -0.4 is 16.0 Å². The minimum atomic E-state index is -0.678. The maximum Gasteiger partial charge on any atom is 0.254 e. The summed E-state index contributed by atoms with van der Waals surface area (Å²) in [6.07, 6.45) is 4.75. The van der Waals surface area contributed by atoms with Gasteiger partial charge in [-0.3, -0.25) is 9.78 Å². The number of amides is 1. The molecule has 1 aliphatic rings. The highest BCUT2D eigenvalue weighted by atomic mass is 19.1. The van der Waals surface area contributed by atoms with Crippen LogP contribution in [0.2, 0.25) is 0 Å². The summed E-state index contributed by atoms with van der Waals surface area (Å²) in [7, 11) is 0. The number of nitrogens with two attached hydrogens (primary N) is 1. The molecule has 29 heavy (non-hydrogen) atoms. The summed E-state index contributed by atoms with van der Waals surface area (Å²) >= 11 is 0. The van der Waals surface area contributed by atoms with E-state index in [4.69, 9.17) is 5.73 Å². The molecule has 5 nitrogen and oxygen atoms in total. The summed E-state index contributed by atoms with van der Waals surface area (Å²) in [6, 6.07) is 3.33. The third-order valence-corrected chi connectivity index (χ3v) is 5.46. The summed E-state index contributed by atoms with van der Waals surface area (Å²) in [5.41, 5.74) is 7.75. The Kier molecular flexibility index (Phi) is 6.17. The first-order valence-corrected chi connectivity index (χ1v) is 9.96. The maximum absolute atomic E-state index is 13.9. The van der Waals surface area contributed by atoms with Crippen molar-refractivity contribution in [2.45, 2.75) is 39.2 Å². The molecule has 0 saturated carbocycles. The summed E-state index contributed by atoms with van der Waals surface area (Å²) in [5, 5.41) is 2.95. The Morgan fingerprint density at radius 1 is 1.31 bits per heavy atom. The zero-order valence-electron chi connectivity index (χ0n) is 17.1. The second kappa shape index (κ2) is 8.45. The van der Waals surface area contributed by atoms with E-state index in [-0.39, 0.29) is 5.91 Å². The normalized spacial score (nSPS) is 20.0. The highest BCUT2D eigenvalue weighted by Crippen LogP contribution is 2.37. The number of anilines is 1. The summed E-state index contributed by atoms with van der Waals surface area (Å²) in [6.45, 7) is 7.81. The smallest absolute Gasteiger partial charge is 0.254 e. The Balaban J connectivity index is 2.07. The van der Waals surface area contributed by atoms with Crippen molar-refractivity contribution in [3.63, 3.8) is 0 Å². The predicted octanol–water partition coefficient (Wildman–Crippen LogP) is 3.73. The van der Waals surface area contributed by atoms with Gasteiger partial charge < -0.3 is 16.0 Å². The van der Waals surface area contributed by atoms with Crippen LogP contribution >= 0.6 is 0 Å². The zero-order valence-corrected chi connectivity index (χ0v) is 17.1. The summed E-state index contributed by atoms with van der Waals surface area (Å²) in [4.78, 5) is 19.2. The first kappa shape index (κ1) is 21.2. The van der Waals surface area contributed by atoms with E-state index in [1.165, 1.54) is 18.3 Å². The topological polar surface area (TPSA) is 71.2 Å². The molecule has 3 N–H and O–H groups in total. The SMILES string of the molecule is CCC(C)CNC(=O)c1cncc(-c2cc(F)cc(F)c2)c1N1CC[C@](C)(N)C1. The van der Waals surface area contributed by atoms with Crippen LogP contribution in [-0.4, -0.2) is 36.1 Å². The Morgan fingerprint density at radius 2 is 2.00 bits per heavy atom. The lowest BCUT2D eigenvalue weighted by Gasteiger charge is -2.26. The number of benzene rings is 1. The lowest BCUT2D eigenvalue weighted by atomic mass is 10.0. The molecule has 0 radical (unpaired) electrons. The molecule has 3 rings (SSSR count). The molecule has 1 aromatic heterocycles. The van der Waals surface area contributed by atoms with Crippen LogP contribution in [0.1, 0.15) is 44.0 Å². The van der Waals surface area contributed by atoms with Gasteiger partial charge in [0, 0.05) is 49.2 Å². The Hall–Kier alpha value is -2.54. The number of pyridine rings is 1. The fourth-order valence-electron chi connectivity index (χ4n) is 3.56. The van der Waals surface area contributed by atoms with Crippen LogP contribution in [0.3, 0.4) is 0 Å². The number of carbonyl (C=O) groups is 1. The fourth-order valence-corrected chi connectivity index (χ4v) is 3.56. The van der Waals surface area contributed by atoms with Gasteiger partial charge >= 0.3 is 0 Å². The molecule has 1 aromatic carbocycles. The van der Waals surface area contributed by atoms with Gasteiger partial charge in [-0.15, -0.1) is 0 Å². The largest absolute Gasteiger partial charge is 0.368 e. The summed E-state index contributed by atoms with van der Waals surface area (Å²) < 4.78 is 27.8. The van der Waals surface area contributed by atoms with E-state index in [1.807, 2.05) is 11.8 Å². The van der Waals surface area contributed by atoms with Crippen molar-refractivity contribution >= 4 is 11.6 Å². The average molecular weight is 402 g/mol. The molecular weight excluding hydrogens is 374 g/mol. The molecule has 1 fully saturated rings. The molecule has 2 atom stereocenters. The molecular formula is C22H28F2N4O. The van der Waals surface area contributed by atoms with Crippen LogP contribution in [0, 0.1) is 17.6 Å². The van der Waals surface area contributed by atoms with Gasteiger partial charge in [-0.2, -0.15) is 0 Å². The van der Waals surface area contributed by atoms with Crippen molar-refractivity contribution in [3.05, 3.63) is 47.8 Å². The van der Waals surface area contributed by atoms with E-state index < -0.39 is 17.2 Å². The average Bonchev–Trinajstić information content (AvgIpc) is 3.03. The number of carbonyl (C=O) groups excluding carboxylic acids is 1. The molecule has 0 spiro atoms. The highest BCUT2D eigenvalue weighted by molar-refractivity contribution is 6.03. The second-order valence-corrected chi connectivity index (χ2v) is 8.29. The van der Waals surface area contributed by atoms with E-state index in [9.17, 15) is 13.6 Å². The number of nitrogens with zero attached hydrogens (tertiary/aromatic N) is 2. The van der Waals surface area contributed by atoms with Crippen LogP contribution in [0.4, 0.5) is 14.5 Å². The Labute approximate surface area is 170 Å². The molecule has 0 bridgehead atoms. The molecule has 2 heterocycles. The van der Waals surface area contributed by atoms with Gasteiger partial charge in [-0.1, -0.05) is 20.3 Å². The monoisotopic (exact) mass is 402 g/mol. The minimum absolute atomic E-state index is 0.253. The minimum Gasteiger partial charge on any atom is -0.368 e. The van der Waals surface area contributed by atoms with Crippen LogP contribution in [0.5, 0.6) is 0 Å². The molecule has 1 aliphatic heterocycles. The lowest BCUT2D eigenvalue weighted by Crippen LogP contribution is -2.39. The van der Waals surface area contributed by atoms with Gasteiger partial charge in [0.15, 0.2) is 0 Å². The molecule has 7 heteroatoms. The van der Waals surface area contributed by atoms with E-state index in [2.05, 4.69) is 24.1 Å². The molecule has 0 aliphatic carbocycles. The molecule has 1 unspecified atom stereocenters. The Morgan fingerprint density at radius 3 is 2.59 bits per heavy atom. The maximum atomic E-state index is 13.9. The number of nitrogens with one attached hydrogen (secondary N) is 1. The van der Waals surface area contributed by atoms with E-state index >= 15 is 0 Å². The first-order valence-electron chi connectivity index (χ1n) is 9.96. The third kappa shape index (κ3) is 4.90. The van der Waals surface area contributed by atoms with E-state index in [0.29, 0.717) is 47.9 Å². The number of aromatic nitrogens is 1. The van der Waals surface area contributed by atoms with E-state index in [0.717, 1.165) is 18.9 Å². The lowest BCUT2D eigenvalue weighted by molar-refractivity contribution is 0.0948. The van der Waals surface area contributed by atoms with Gasteiger partial charge in [0.25, 0.3) is 5.91 Å². The van der Waals surface area contributed by atoms with Gasteiger partial charge in [-0.05, 0) is 37.0 Å². The van der Waals surface area contributed by atoms with Crippen molar-refractivity contribution < 1.29 is 13.6 Å². The van der Waals surface area contributed by atoms with Crippen molar-refractivity contribution in [3.8, 4) is 11.1 Å². The zero-order chi connectivity index (χ0) is 21.2. The number of halogens is 2. The quantitative estimate of drug-likeness (QED) is 0.772. The Bertz CT molecular complexity index is 880. The van der Waals surface area contributed by atoms with Crippen molar-refractivity contribution in [2.75, 3.05) is 24.5 Å². The molecule has 1 amide bonds. The second-order valence-electron chi connectivity index (χ2n) is 8.29. The van der Waals surface area contributed by atoms with Crippen LogP contribution in [0.25, 0.3) is 11.1 Å².